The topological polar surface area (TPSA) is 45.2 Å². The van der Waals surface area contributed by atoms with Crippen molar-refractivity contribution in [3.8, 4) is 0 Å². The Kier molecular flexibility index (Phi) is 4.24. The molecule has 1 aromatic carbocycles. The summed E-state index contributed by atoms with van der Waals surface area (Å²) in [5, 5.41) is 0. The van der Waals surface area contributed by atoms with Gasteiger partial charge in [0, 0.05) is 31.4 Å². The van der Waals surface area contributed by atoms with Gasteiger partial charge in [0.2, 0.25) is 0 Å². The van der Waals surface area contributed by atoms with Crippen molar-refractivity contribution in [2.45, 2.75) is 32.4 Å². The number of nitrogens with zero attached hydrogens (tertiary/aromatic N) is 5. The zero-order chi connectivity index (χ0) is 18.2. The van der Waals surface area contributed by atoms with E-state index in [1.54, 1.807) is 0 Å². The molecule has 0 bridgehead atoms. The van der Waals surface area contributed by atoms with Crippen molar-refractivity contribution in [2.24, 2.45) is 5.92 Å². The summed E-state index contributed by atoms with van der Waals surface area (Å²) in [5.74, 6) is 1.80. The number of para-hydroxylation sites is 2. The van der Waals surface area contributed by atoms with Gasteiger partial charge in [-0.25, -0.2) is 4.98 Å². The van der Waals surface area contributed by atoms with Crippen molar-refractivity contribution >= 4 is 16.9 Å². The van der Waals surface area contributed by atoms with Crippen LogP contribution < -0.4 is 4.90 Å². The fraction of sp³-hybridized carbons (Fsp3) is 0.409. The number of hydrogen-bond acceptors (Lipinski definition) is 5. The van der Waals surface area contributed by atoms with Crippen molar-refractivity contribution in [3.63, 3.8) is 0 Å². The molecule has 138 valence electrons. The quantitative estimate of drug-likeness (QED) is 0.717. The van der Waals surface area contributed by atoms with Gasteiger partial charge in [-0.3, -0.25) is 14.9 Å². The fourth-order valence-electron chi connectivity index (χ4n) is 4.63. The van der Waals surface area contributed by atoms with Crippen LogP contribution in [0.2, 0.25) is 0 Å². The van der Waals surface area contributed by atoms with Crippen LogP contribution in [0.1, 0.15) is 24.2 Å². The molecule has 5 nitrogen and oxygen atoms in total. The maximum atomic E-state index is 4.87. The molecule has 2 aliphatic heterocycles. The maximum Gasteiger partial charge on any atom is 0.147 e. The summed E-state index contributed by atoms with van der Waals surface area (Å²) in [4.78, 5) is 19.2. The third-order valence-electron chi connectivity index (χ3n) is 6.05. The van der Waals surface area contributed by atoms with E-state index in [2.05, 4.69) is 39.9 Å². The maximum absolute atomic E-state index is 4.87. The van der Waals surface area contributed by atoms with Crippen LogP contribution >= 0.6 is 0 Å². The van der Waals surface area contributed by atoms with E-state index in [0.29, 0.717) is 6.04 Å². The van der Waals surface area contributed by atoms with Crippen molar-refractivity contribution in [1.29, 1.82) is 0 Å². The second kappa shape index (κ2) is 6.89. The van der Waals surface area contributed by atoms with Crippen LogP contribution in [0.3, 0.4) is 0 Å². The van der Waals surface area contributed by atoms with Gasteiger partial charge in [-0.15, -0.1) is 0 Å². The number of aromatic nitrogens is 3. The molecular weight excluding hydrogens is 334 g/mol. The zero-order valence-electron chi connectivity index (χ0n) is 15.8. The predicted molar refractivity (Wildman–Crippen MR) is 108 cm³/mol. The number of anilines is 1. The number of aryl methyl sites for hydroxylation is 1. The highest BCUT2D eigenvalue weighted by Gasteiger charge is 2.38. The molecule has 5 rings (SSSR count). The first-order valence-corrected chi connectivity index (χ1v) is 9.89. The molecule has 0 radical (unpaired) electrons. The first-order chi connectivity index (χ1) is 13.3. The lowest BCUT2D eigenvalue weighted by molar-refractivity contribution is 0.198. The molecule has 2 atom stereocenters. The van der Waals surface area contributed by atoms with Crippen LogP contribution in [0, 0.1) is 12.8 Å². The van der Waals surface area contributed by atoms with E-state index in [1.807, 2.05) is 30.5 Å². The number of benzene rings is 1. The van der Waals surface area contributed by atoms with Crippen LogP contribution in [-0.4, -0.2) is 45.5 Å². The average Bonchev–Trinajstić information content (AvgIpc) is 3.10. The highest BCUT2D eigenvalue weighted by atomic mass is 15.3. The summed E-state index contributed by atoms with van der Waals surface area (Å²) in [7, 11) is 0. The Morgan fingerprint density at radius 3 is 2.70 bits per heavy atom. The first kappa shape index (κ1) is 16.6. The molecule has 0 N–H and O–H groups in total. The first-order valence-electron chi connectivity index (χ1n) is 9.89. The fourth-order valence-corrected chi connectivity index (χ4v) is 4.63. The molecule has 0 spiro atoms. The molecule has 2 saturated heterocycles. The van der Waals surface area contributed by atoms with E-state index in [9.17, 15) is 0 Å². The van der Waals surface area contributed by atoms with Crippen molar-refractivity contribution in [2.75, 3.05) is 24.5 Å². The van der Waals surface area contributed by atoms with Gasteiger partial charge in [-0.1, -0.05) is 18.2 Å². The minimum atomic E-state index is 0.578. The Labute approximate surface area is 160 Å². The third kappa shape index (κ3) is 3.28. The second-order valence-electron chi connectivity index (χ2n) is 7.81. The monoisotopic (exact) mass is 359 g/mol. The van der Waals surface area contributed by atoms with Crippen molar-refractivity contribution < 1.29 is 0 Å². The molecule has 4 heterocycles. The lowest BCUT2D eigenvalue weighted by atomic mass is 9.92. The Balaban J connectivity index is 1.35. The van der Waals surface area contributed by atoms with Gasteiger partial charge in [0.05, 0.1) is 22.9 Å². The van der Waals surface area contributed by atoms with E-state index in [-0.39, 0.29) is 0 Å². The molecule has 2 fully saturated rings. The lowest BCUT2D eigenvalue weighted by Crippen LogP contribution is -2.48. The smallest absolute Gasteiger partial charge is 0.147 e. The summed E-state index contributed by atoms with van der Waals surface area (Å²) in [6.45, 7) is 6.29. The minimum Gasteiger partial charge on any atom is -0.354 e. The molecule has 0 aliphatic carbocycles. The standard InChI is InChI=1S/C22H25N5/c1-16-5-4-6-18(24-16)14-26-11-9-17-10-12-27(15-21(17)26)22-13-23-19-7-2-3-8-20(19)25-22/h2-8,13,17,21H,9-12,14-15H2,1H3. The van der Waals surface area contributed by atoms with Crippen LogP contribution in [0.5, 0.6) is 0 Å². The summed E-state index contributed by atoms with van der Waals surface area (Å²) in [6, 6.07) is 15.0. The Bertz CT molecular complexity index is 956. The van der Waals surface area contributed by atoms with Crippen LogP contribution in [0.25, 0.3) is 11.0 Å². The molecule has 2 aromatic heterocycles. The summed E-state index contributed by atoms with van der Waals surface area (Å²) in [5.41, 5.74) is 4.21. The SMILES string of the molecule is Cc1cccc(CN2CCC3CCN(c4cnc5ccccc5n4)CC32)n1. The molecule has 27 heavy (non-hydrogen) atoms. The summed E-state index contributed by atoms with van der Waals surface area (Å²) in [6.07, 6.45) is 4.47. The van der Waals surface area contributed by atoms with Crippen LogP contribution in [-0.2, 0) is 6.54 Å². The van der Waals surface area contributed by atoms with Crippen LogP contribution in [0.4, 0.5) is 5.82 Å². The van der Waals surface area contributed by atoms with E-state index < -0.39 is 0 Å². The van der Waals surface area contributed by atoms with Gasteiger partial charge in [0.1, 0.15) is 5.82 Å². The Hall–Kier alpha value is -2.53. The molecule has 2 aliphatic rings. The highest BCUT2D eigenvalue weighted by Crippen LogP contribution is 2.34. The Morgan fingerprint density at radius 2 is 1.81 bits per heavy atom. The van der Waals surface area contributed by atoms with Gasteiger partial charge in [-0.2, -0.15) is 0 Å². The Morgan fingerprint density at radius 1 is 0.963 bits per heavy atom. The lowest BCUT2D eigenvalue weighted by Gasteiger charge is -2.39. The van der Waals surface area contributed by atoms with E-state index >= 15 is 0 Å². The number of pyridine rings is 1. The molecular formula is C22H25N5. The van der Waals surface area contributed by atoms with Gasteiger partial charge in [-0.05, 0) is 56.5 Å². The largest absolute Gasteiger partial charge is 0.354 e. The molecule has 5 heteroatoms. The third-order valence-corrected chi connectivity index (χ3v) is 6.05. The van der Waals surface area contributed by atoms with Crippen molar-refractivity contribution in [1.82, 2.24) is 19.9 Å². The van der Waals surface area contributed by atoms with E-state index in [4.69, 9.17) is 9.97 Å². The van der Waals surface area contributed by atoms with Gasteiger partial charge in [0.15, 0.2) is 0 Å². The molecule has 3 aromatic rings. The molecule has 0 saturated carbocycles. The summed E-state index contributed by atoms with van der Waals surface area (Å²) < 4.78 is 0. The van der Waals surface area contributed by atoms with Gasteiger partial charge < -0.3 is 4.90 Å². The summed E-state index contributed by atoms with van der Waals surface area (Å²) >= 11 is 0. The average molecular weight is 359 g/mol. The van der Waals surface area contributed by atoms with E-state index in [1.165, 1.54) is 25.1 Å². The number of likely N-dealkylation sites (tertiary alicyclic amines) is 1. The van der Waals surface area contributed by atoms with Crippen molar-refractivity contribution in [3.05, 3.63) is 60.0 Å². The molecule has 0 amide bonds. The van der Waals surface area contributed by atoms with Crippen LogP contribution in [0.15, 0.2) is 48.7 Å². The number of piperidine rings is 1. The normalized spacial score (nSPS) is 22.9. The highest BCUT2D eigenvalue weighted by molar-refractivity contribution is 5.75. The van der Waals surface area contributed by atoms with E-state index in [0.717, 1.165) is 48.1 Å². The van der Waals surface area contributed by atoms with Gasteiger partial charge >= 0.3 is 0 Å². The van der Waals surface area contributed by atoms with Gasteiger partial charge in [0.25, 0.3) is 0 Å². The zero-order valence-corrected chi connectivity index (χ0v) is 15.8. The predicted octanol–water partition coefficient (Wildman–Crippen LogP) is 3.43. The number of rotatable bonds is 3. The molecule has 2 unspecified atom stereocenters. The number of fused-ring (bicyclic) bond motifs is 2. The minimum absolute atomic E-state index is 0.578. The second-order valence-corrected chi connectivity index (χ2v) is 7.81. The number of hydrogen-bond donors (Lipinski definition) is 0.